The molecule has 1 N–H and O–H groups in total. The van der Waals surface area contributed by atoms with E-state index in [2.05, 4.69) is 6.07 Å². The smallest absolute Gasteiger partial charge is 0.251 e. The predicted molar refractivity (Wildman–Crippen MR) is 95.6 cm³/mol. The predicted octanol–water partition coefficient (Wildman–Crippen LogP) is 2.49. The minimum absolute atomic E-state index is 0.153. The SMILES string of the molecule is COc1cccc2c1C1(CCN(C(=O)C(O)CC(C)C)CC1)OCC2. The molecule has 0 aromatic heterocycles. The number of nitrogens with zero attached hydrogens (tertiary/aromatic N) is 1. The second kappa shape index (κ2) is 7.34. The van der Waals surface area contributed by atoms with Gasteiger partial charge in [0.15, 0.2) is 0 Å². The number of hydrogen-bond acceptors (Lipinski definition) is 4. The van der Waals surface area contributed by atoms with Crippen LogP contribution in [0.1, 0.15) is 44.2 Å². The molecule has 2 heterocycles. The molecule has 1 aromatic carbocycles. The van der Waals surface area contributed by atoms with Crippen LogP contribution in [-0.2, 0) is 21.6 Å². The van der Waals surface area contributed by atoms with E-state index >= 15 is 0 Å². The summed E-state index contributed by atoms with van der Waals surface area (Å²) >= 11 is 0. The molecule has 1 atom stereocenters. The van der Waals surface area contributed by atoms with Gasteiger partial charge >= 0.3 is 0 Å². The van der Waals surface area contributed by atoms with Crippen molar-refractivity contribution in [3.8, 4) is 5.75 Å². The molecule has 138 valence electrons. The molecule has 1 aromatic rings. The van der Waals surface area contributed by atoms with Crippen LogP contribution in [0.15, 0.2) is 18.2 Å². The van der Waals surface area contributed by atoms with Crippen molar-refractivity contribution in [3.63, 3.8) is 0 Å². The number of aliphatic hydroxyl groups is 1. The third kappa shape index (κ3) is 3.53. The van der Waals surface area contributed by atoms with Crippen molar-refractivity contribution < 1.29 is 19.4 Å². The number of ether oxygens (including phenoxy) is 2. The normalized spacial score (nSPS) is 20.4. The Hall–Kier alpha value is -1.59. The van der Waals surface area contributed by atoms with Crippen molar-refractivity contribution in [3.05, 3.63) is 29.3 Å². The Labute approximate surface area is 149 Å². The Balaban J connectivity index is 1.76. The van der Waals surface area contributed by atoms with Crippen LogP contribution in [0.2, 0.25) is 0 Å². The molecule has 1 spiro atoms. The van der Waals surface area contributed by atoms with Gasteiger partial charge in [-0.1, -0.05) is 26.0 Å². The molecule has 1 saturated heterocycles. The maximum atomic E-state index is 12.5. The second-order valence-electron chi connectivity index (χ2n) is 7.56. The van der Waals surface area contributed by atoms with Crippen LogP contribution in [0.4, 0.5) is 0 Å². The van der Waals surface area contributed by atoms with Crippen molar-refractivity contribution in [1.82, 2.24) is 4.90 Å². The van der Waals surface area contributed by atoms with Gasteiger partial charge in [0.05, 0.1) is 13.7 Å². The molecule has 0 saturated carbocycles. The van der Waals surface area contributed by atoms with E-state index in [1.165, 1.54) is 5.56 Å². The number of piperidine rings is 1. The monoisotopic (exact) mass is 347 g/mol. The van der Waals surface area contributed by atoms with Gasteiger partial charge in [-0.25, -0.2) is 0 Å². The Morgan fingerprint density at radius 3 is 2.72 bits per heavy atom. The Kier molecular flexibility index (Phi) is 5.35. The fourth-order valence-electron chi connectivity index (χ4n) is 4.14. The highest BCUT2D eigenvalue weighted by molar-refractivity contribution is 5.80. The van der Waals surface area contributed by atoms with E-state index < -0.39 is 6.10 Å². The number of aliphatic hydroxyl groups excluding tert-OH is 1. The first-order chi connectivity index (χ1) is 12.0. The minimum Gasteiger partial charge on any atom is -0.496 e. The van der Waals surface area contributed by atoms with Crippen LogP contribution < -0.4 is 4.74 Å². The van der Waals surface area contributed by atoms with Gasteiger partial charge in [0.25, 0.3) is 5.91 Å². The summed E-state index contributed by atoms with van der Waals surface area (Å²) in [5, 5.41) is 10.1. The molecule has 5 heteroatoms. The van der Waals surface area contributed by atoms with E-state index in [0.29, 0.717) is 32.0 Å². The van der Waals surface area contributed by atoms with Crippen molar-refractivity contribution >= 4 is 5.91 Å². The van der Waals surface area contributed by atoms with Gasteiger partial charge in [0, 0.05) is 18.7 Å². The standard InChI is InChI=1S/C20H29NO4/c1-14(2)13-16(22)19(23)21-10-8-20(9-11-21)18-15(7-12-25-20)5-4-6-17(18)24-3/h4-6,14,16,22H,7-13H2,1-3H3. The van der Waals surface area contributed by atoms with Gasteiger partial charge in [-0.05, 0) is 43.2 Å². The largest absolute Gasteiger partial charge is 0.496 e. The van der Waals surface area contributed by atoms with Gasteiger partial charge < -0.3 is 19.5 Å². The lowest BCUT2D eigenvalue weighted by atomic mass is 9.78. The molecular formula is C20H29NO4. The van der Waals surface area contributed by atoms with Gasteiger partial charge in [-0.3, -0.25) is 4.79 Å². The number of likely N-dealkylation sites (tertiary alicyclic amines) is 1. The molecule has 1 amide bonds. The summed E-state index contributed by atoms with van der Waals surface area (Å²) in [4.78, 5) is 14.3. The summed E-state index contributed by atoms with van der Waals surface area (Å²) in [6.07, 6.45) is 1.97. The molecule has 2 aliphatic heterocycles. The molecule has 0 radical (unpaired) electrons. The van der Waals surface area contributed by atoms with Crippen LogP contribution >= 0.6 is 0 Å². The number of carbonyl (C=O) groups excluding carboxylic acids is 1. The van der Waals surface area contributed by atoms with Gasteiger partial charge in [-0.15, -0.1) is 0 Å². The first-order valence-corrected chi connectivity index (χ1v) is 9.24. The van der Waals surface area contributed by atoms with Gasteiger partial charge in [0.1, 0.15) is 17.5 Å². The molecule has 2 aliphatic rings. The number of carbonyl (C=O) groups is 1. The summed E-state index contributed by atoms with van der Waals surface area (Å²) < 4.78 is 11.8. The first-order valence-electron chi connectivity index (χ1n) is 9.24. The Morgan fingerprint density at radius 2 is 2.08 bits per heavy atom. The lowest BCUT2D eigenvalue weighted by Gasteiger charge is -2.45. The zero-order valence-corrected chi connectivity index (χ0v) is 15.5. The third-order valence-corrected chi connectivity index (χ3v) is 5.40. The lowest BCUT2D eigenvalue weighted by molar-refractivity contribution is -0.149. The lowest BCUT2D eigenvalue weighted by Crippen LogP contribution is -2.50. The van der Waals surface area contributed by atoms with Gasteiger partial charge in [-0.2, -0.15) is 0 Å². The molecule has 3 rings (SSSR count). The fourth-order valence-corrected chi connectivity index (χ4v) is 4.14. The first kappa shape index (κ1) is 18.2. The molecule has 25 heavy (non-hydrogen) atoms. The average molecular weight is 347 g/mol. The van der Waals surface area contributed by atoms with E-state index in [0.717, 1.165) is 30.6 Å². The zero-order valence-electron chi connectivity index (χ0n) is 15.5. The molecular weight excluding hydrogens is 318 g/mol. The molecule has 1 unspecified atom stereocenters. The number of amides is 1. The quantitative estimate of drug-likeness (QED) is 0.909. The summed E-state index contributed by atoms with van der Waals surface area (Å²) in [6.45, 7) is 5.93. The van der Waals surface area contributed by atoms with Gasteiger partial charge in [0.2, 0.25) is 0 Å². The maximum absolute atomic E-state index is 12.5. The van der Waals surface area contributed by atoms with E-state index in [1.807, 2.05) is 26.0 Å². The average Bonchev–Trinajstić information content (AvgIpc) is 2.61. The molecule has 0 aliphatic carbocycles. The van der Waals surface area contributed by atoms with Crippen LogP contribution in [-0.4, -0.2) is 48.8 Å². The molecule has 5 nitrogen and oxygen atoms in total. The summed E-state index contributed by atoms with van der Waals surface area (Å²) in [7, 11) is 1.69. The van der Waals surface area contributed by atoms with Crippen LogP contribution in [0, 0.1) is 5.92 Å². The highest BCUT2D eigenvalue weighted by atomic mass is 16.5. The second-order valence-corrected chi connectivity index (χ2v) is 7.56. The summed E-state index contributed by atoms with van der Waals surface area (Å²) in [6, 6.07) is 6.16. The van der Waals surface area contributed by atoms with Crippen molar-refractivity contribution in [2.75, 3.05) is 26.8 Å². The van der Waals surface area contributed by atoms with E-state index in [1.54, 1.807) is 12.0 Å². The number of benzene rings is 1. The van der Waals surface area contributed by atoms with Crippen molar-refractivity contribution in [2.24, 2.45) is 5.92 Å². The van der Waals surface area contributed by atoms with Crippen molar-refractivity contribution in [2.45, 2.75) is 51.2 Å². The fraction of sp³-hybridized carbons (Fsp3) is 0.650. The van der Waals surface area contributed by atoms with E-state index in [4.69, 9.17) is 9.47 Å². The van der Waals surface area contributed by atoms with Crippen molar-refractivity contribution in [1.29, 1.82) is 0 Å². The van der Waals surface area contributed by atoms with E-state index in [9.17, 15) is 9.90 Å². The number of hydrogen-bond donors (Lipinski definition) is 1. The highest BCUT2D eigenvalue weighted by Crippen LogP contribution is 2.45. The number of rotatable bonds is 4. The minimum atomic E-state index is -0.900. The zero-order chi connectivity index (χ0) is 18.0. The Bertz CT molecular complexity index is 606. The summed E-state index contributed by atoms with van der Waals surface area (Å²) in [5.41, 5.74) is 2.06. The molecule has 0 bridgehead atoms. The molecule has 1 fully saturated rings. The maximum Gasteiger partial charge on any atom is 0.251 e. The third-order valence-electron chi connectivity index (χ3n) is 5.40. The number of fused-ring (bicyclic) bond motifs is 2. The highest BCUT2D eigenvalue weighted by Gasteiger charge is 2.44. The number of methoxy groups -OCH3 is 1. The van der Waals surface area contributed by atoms with Crippen LogP contribution in [0.3, 0.4) is 0 Å². The van der Waals surface area contributed by atoms with Crippen LogP contribution in [0.5, 0.6) is 5.75 Å². The Morgan fingerprint density at radius 1 is 1.36 bits per heavy atom. The van der Waals surface area contributed by atoms with E-state index in [-0.39, 0.29) is 11.5 Å². The topological polar surface area (TPSA) is 59.0 Å². The summed E-state index contributed by atoms with van der Waals surface area (Å²) in [5.74, 6) is 1.02. The van der Waals surface area contributed by atoms with Crippen LogP contribution in [0.25, 0.3) is 0 Å².